The van der Waals surface area contributed by atoms with E-state index >= 15 is 0 Å². The minimum atomic E-state index is 0.170. The lowest BCUT2D eigenvalue weighted by atomic mass is 10.1. The summed E-state index contributed by atoms with van der Waals surface area (Å²) in [6.45, 7) is 0. The van der Waals surface area contributed by atoms with Crippen LogP contribution in [-0.2, 0) is 0 Å². The van der Waals surface area contributed by atoms with Gasteiger partial charge in [0.05, 0.1) is 14.2 Å². The van der Waals surface area contributed by atoms with Crippen LogP contribution in [0.15, 0.2) is 48.5 Å². The van der Waals surface area contributed by atoms with Crippen LogP contribution in [0.3, 0.4) is 0 Å². The van der Waals surface area contributed by atoms with Gasteiger partial charge in [0.15, 0.2) is 0 Å². The summed E-state index contributed by atoms with van der Waals surface area (Å²) >= 11 is 0. The van der Waals surface area contributed by atoms with E-state index in [4.69, 9.17) is 9.47 Å². The molecule has 3 nitrogen and oxygen atoms in total. The van der Waals surface area contributed by atoms with Crippen LogP contribution in [0.4, 0.5) is 0 Å². The van der Waals surface area contributed by atoms with Crippen molar-refractivity contribution in [2.24, 2.45) is 0 Å². The fourth-order valence-electron chi connectivity index (χ4n) is 1.75. The molecule has 0 aromatic heterocycles. The van der Waals surface area contributed by atoms with Crippen LogP contribution in [0, 0.1) is 0 Å². The highest BCUT2D eigenvalue weighted by atomic mass is 16.5. The predicted octanol–water partition coefficient (Wildman–Crippen LogP) is 3.76. The summed E-state index contributed by atoms with van der Waals surface area (Å²) in [4.78, 5) is 0. The zero-order valence-electron chi connectivity index (χ0n) is 11.0. The average molecular weight is 256 g/mol. The van der Waals surface area contributed by atoms with E-state index in [2.05, 4.69) is 0 Å². The molecule has 0 amide bonds. The molecule has 3 heteroatoms. The third kappa shape index (κ3) is 3.28. The van der Waals surface area contributed by atoms with Gasteiger partial charge in [-0.3, -0.25) is 0 Å². The molecule has 0 aliphatic rings. The van der Waals surface area contributed by atoms with Gasteiger partial charge in [0.25, 0.3) is 0 Å². The lowest BCUT2D eigenvalue weighted by Gasteiger charge is -2.08. The van der Waals surface area contributed by atoms with E-state index in [0.717, 1.165) is 5.56 Å². The van der Waals surface area contributed by atoms with E-state index < -0.39 is 0 Å². The molecular weight excluding hydrogens is 240 g/mol. The smallest absolute Gasteiger partial charge is 0.123 e. The highest BCUT2D eigenvalue weighted by molar-refractivity contribution is 5.77. The minimum absolute atomic E-state index is 0.170. The topological polar surface area (TPSA) is 38.7 Å². The van der Waals surface area contributed by atoms with Gasteiger partial charge in [-0.15, -0.1) is 0 Å². The molecule has 98 valence electrons. The first kappa shape index (κ1) is 13.0. The summed E-state index contributed by atoms with van der Waals surface area (Å²) in [6, 6.07) is 14.9. The zero-order valence-corrected chi connectivity index (χ0v) is 11.0. The summed E-state index contributed by atoms with van der Waals surface area (Å²) in [7, 11) is 3.16. The Morgan fingerprint density at radius 1 is 0.947 bits per heavy atom. The van der Waals surface area contributed by atoms with Crippen LogP contribution >= 0.6 is 0 Å². The van der Waals surface area contributed by atoms with Gasteiger partial charge < -0.3 is 14.6 Å². The van der Waals surface area contributed by atoms with Crippen molar-refractivity contribution in [1.29, 1.82) is 0 Å². The van der Waals surface area contributed by atoms with Crippen LogP contribution in [-0.4, -0.2) is 19.3 Å². The molecule has 0 saturated heterocycles. The normalized spacial score (nSPS) is 11.2. The van der Waals surface area contributed by atoms with Crippen molar-refractivity contribution >= 4 is 11.8 Å². The predicted molar refractivity (Wildman–Crippen MR) is 76.5 cm³/mol. The maximum Gasteiger partial charge on any atom is 0.123 e. The Morgan fingerprint density at radius 3 is 2.05 bits per heavy atom. The second-order valence-electron chi connectivity index (χ2n) is 4.04. The first-order valence-corrected chi connectivity index (χ1v) is 5.92. The molecular formula is C16H16O3. The maximum absolute atomic E-state index is 10.2. The van der Waals surface area contributed by atoms with Crippen molar-refractivity contribution in [1.82, 2.24) is 0 Å². The Hall–Kier alpha value is -2.42. The number of methoxy groups -OCH3 is 2. The minimum Gasteiger partial charge on any atom is -0.507 e. The van der Waals surface area contributed by atoms with Crippen molar-refractivity contribution in [3.63, 3.8) is 0 Å². The van der Waals surface area contributed by atoms with Gasteiger partial charge in [0.2, 0.25) is 0 Å². The van der Waals surface area contributed by atoms with Crippen molar-refractivity contribution in [2.75, 3.05) is 14.2 Å². The zero-order chi connectivity index (χ0) is 13.7. The maximum atomic E-state index is 10.2. The van der Waals surface area contributed by atoms with E-state index in [1.165, 1.54) is 0 Å². The summed E-state index contributed by atoms with van der Waals surface area (Å²) in [5.41, 5.74) is 1.59. The van der Waals surface area contributed by atoms with Crippen LogP contribution < -0.4 is 9.47 Å². The molecule has 0 heterocycles. The van der Waals surface area contributed by atoms with Gasteiger partial charge in [-0.2, -0.15) is 0 Å². The van der Waals surface area contributed by atoms with Crippen LogP contribution in [0.25, 0.3) is 11.8 Å². The van der Waals surface area contributed by atoms with Crippen molar-refractivity contribution in [2.45, 2.75) is 0 Å². The molecule has 0 aliphatic carbocycles. The summed E-state index contributed by atoms with van der Waals surface area (Å²) in [6.07, 6.45) is 1.70. The summed E-state index contributed by atoms with van der Waals surface area (Å²) in [5, 5.41) is 10.2. The van der Waals surface area contributed by atoms with Gasteiger partial charge in [-0.25, -0.2) is 0 Å². The van der Waals surface area contributed by atoms with E-state index in [0.29, 0.717) is 17.1 Å². The fraction of sp³-hybridized carbons (Fsp3) is 0.125. The van der Waals surface area contributed by atoms with E-state index in [9.17, 15) is 5.11 Å². The largest absolute Gasteiger partial charge is 0.507 e. The second kappa shape index (κ2) is 5.96. The van der Waals surface area contributed by atoms with E-state index in [1.54, 1.807) is 38.5 Å². The van der Waals surface area contributed by atoms with Crippen molar-refractivity contribution in [3.8, 4) is 11.5 Å². The summed E-state index contributed by atoms with van der Waals surface area (Å²) < 4.78 is 10.4. The molecule has 1 N–H and O–H groups in total. The second-order valence-corrected chi connectivity index (χ2v) is 4.04. The molecule has 0 saturated carbocycles. The third-order valence-corrected chi connectivity index (χ3v) is 2.75. The number of hydrogen-bond acceptors (Lipinski definition) is 3. The molecule has 0 aliphatic heterocycles. The average Bonchev–Trinajstić information content (AvgIpc) is 2.47. The Kier molecular flexibility index (Phi) is 4.08. The van der Waals surface area contributed by atoms with E-state index in [1.807, 2.05) is 30.3 Å². The molecule has 2 aromatic rings. The Balaban J connectivity index is 2.38. The number of rotatable bonds is 4. The fourth-order valence-corrected chi connectivity index (χ4v) is 1.75. The first-order chi connectivity index (χ1) is 9.22. The Morgan fingerprint density at radius 2 is 1.53 bits per heavy atom. The molecule has 0 fully saturated rings. The Bertz CT molecular complexity index is 552. The number of ether oxygens (including phenoxy) is 2. The SMILES string of the molecule is COc1cc(OC)cc(/C(O)=C/c2ccccc2)c1. The first-order valence-electron chi connectivity index (χ1n) is 5.92. The van der Waals surface area contributed by atoms with Crippen molar-refractivity contribution in [3.05, 3.63) is 59.7 Å². The number of aliphatic hydroxyl groups excluding tert-OH is 1. The summed E-state index contributed by atoms with van der Waals surface area (Å²) in [5.74, 6) is 1.45. The molecule has 2 aromatic carbocycles. The lowest BCUT2D eigenvalue weighted by molar-refractivity contribution is 0.393. The molecule has 0 atom stereocenters. The Labute approximate surface area is 112 Å². The molecule has 0 spiro atoms. The third-order valence-electron chi connectivity index (χ3n) is 2.75. The molecule has 0 radical (unpaired) electrons. The van der Waals surface area contributed by atoms with Gasteiger partial charge in [0.1, 0.15) is 17.3 Å². The molecule has 19 heavy (non-hydrogen) atoms. The standard InChI is InChI=1S/C16H16O3/c1-18-14-9-13(10-15(11-14)19-2)16(17)8-12-6-4-3-5-7-12/h3-11,17H,1-2H3/b16-8-. The molecule has 0 bridgehead atoms. The van der Waals surface area contributed by atoms with Gasteiger partial charge in [0, 0.05) is 11.6 Å². The van der Waals surface area contributed by atoms with Gasteiger partial charge in [-0.1, -0.05) is 30.3 Å². The van der Waals surface area contributed by atoms with E-state index in [-0.39, 0.29) is 5.76 Å². The number of benzene rings is 2. The number of hydrogen-bond donors (Lipinski definition) is 1. The highest BCUT2D eigenvalue weighted by Gasteiger charge is 2.05. The highest BCUT2D eigenvalue weighted by Crippen LogP contribution is 2.26. The van der Waals surface area contributed by atoms with Crippen LogP contribution in [0.2, 0.25) is 0 Å². The lowest BCUT2D eigenvalue weighted by Crippen LogP contribution is -1.91. The molecule has 0 unspecified atom stereocenters. The molecule has 2 rings (SSSR count). The van der Waals surface area contributed by atoms with Crippen molar-refractivity contribution < 1.29 is 14.6 Å². The van der Waals surface area contributed by atoms with Crippen LogP contribution in [0.5, 0.6) is 11.5 Å². The number of aliphatic hydroxyl groups is 1. The monoisotopic (exact) mass is 256 g/mol. The van der Waals surface area contributed by atoms with Gasteiger partial charge in [-0.05, 0) is 23.8 Å². The van der Waals surface area contributed by atoms with Crippen LogP contribution in [0.1, 0.15) is 11.1 Å². The van der Waals surface area contributed by atoms with Gasteiger partial charge >= 0.3 is 0 Å². The quantitative estimate of drug-likeness (QED) is 0.668.